The highest BCUT2D eigenvalue weighted by atomic mass is 19.4. The van der Waals surface area contributed by atoms with Crippen LogP contribution in [0.4, 0.5) is 18.9 Å². The fourth-order valence-electron chi connectivity index (χ4n) is 1.23. The number of hydrazine groups is 1. The number of nitrogens with two attached hydrogens (primary N) is 2. The number of pyridine rings is 1. The summed E-state index contributed by atoms with van der Waals surface area (Å²) in [5.74, 6) is 5.23. The average molecular weight is 250 g/mol. The molecule has 1 heterocycles. The maximum atomic E-state index is 11.9. The molecule has 1 aromatic rings. The Morgan fingerprint density at radius 2 is 2.18 bits per heavy atom. The van der Waals surface area contributed by atoms with Crippen LogP contribution in [-0.4, -0.2) is 24.4 Å². The van der Waals surface area contributed by atoms with Crippen LogP contribution in [0.25, 0.3) is 0 Å². The van der Waals surface area contributed by atoms with E-state index < -0.39 is 18.8 Å². The molecule has 8 heteroatoms. The molecule has 1 rings (SSSR count). The number of ether oxygens (including phenoxy) is 1. The molecule has 96 valence electrons. The smallest absolute Gasteiger partial charge is 0.398 e. The Morgan fingerprint density at radius 1 is 1.47 bits per heavy atom. The third kappa shape index (κ3) is 4.55. The van der Waals surface area contributed by atoms with Crippen LogP contribution in [0.15, 0.2) is 18.5 Å². The van der Waals surface area contributed by atoms with E-state index in [-0.39, 0.29) is 6.61 Å². The van der Waals surface area contributed by atoms with Crippen LogP contribution in [0, 0.1) is 0 Å². The summed E-state index contributed by atoms with van der Waals surface area (Å²) in [7, 11) is 0. The van der Waals surface area contributed by atoms with Gasteiger partial charge in [0.1, 0.15) is 6.61 Å². The van der Waals surface area contributed by atoms with Gasteiger partial charge in [-0.05, 0) is 6.07 Å². The summed E-state index contributed by atoms with van der Waals surface area (Å²) in [6.07, 6.45) is -1.46. The van der Waals surface area contributed by atoms with Crippen molar-refractivity contribution in [3.8, 4) is 0 Å². The van der Waals surface area contributed by atoms with Crippen molar-refractivity contribution in [2.45, 2.75) is 12.2 Å². The number of hydrogen-bond acceptors (Lipinski definition) is 5. The number of nitrogen functional groups attached to an aromatic ring is 1. The van der Waals surface area contributed by atoms with E-state index in [9.17, 15) is 13.2 Å². The van der Waals surface area contributed by atoms with E-state index in [1.165, 1.54) is 18.5 Å². The van der Waals surface area contributed by atoms with Gasteiger partial charge in [0, 0.05) is 23.6 Å². The monoisotopic (exact) mass is 250 g/mol. The predicted molar refractivity (Wildman–Crippen MR) is 55.6 cm³/mol. The van der Waals surface area contributed by atoms with Gasteiger partial charge in [-0.15, -0.1) is 0 Å². The summed E-state index contributed by atoms with van der Waals surface area (Å²) in [6, 6.07) is 0.898. The molecule has 1 aromatic heterocycles. The first-order valence-electron chi connectivity index (χ1n) is 4.74. The Bertz CT molecular complexity index is 358. The molecule has 0 aliphatic rings. The van der Waals surface area contributed by atoms with Gasteiger partial charge in [0.05, 0.1) is 12.6 Å². The highest BCUT2D eigenvalue weighted by Crippen LogP contribution is 2.20. The fraction of sp³-hybridized carbons (Fsp3) is 0.444. The van der Waals surface area contributed by atoms with Gasteiger partial charge in [-0.1, -0.05) is 0 Å². The van der Waals surface area contributed by atoms with Crippen molar-refractivity contribution in [3.05, 3.63) is 24.0 Å². The van der Waals surface area contributed by atoms with Crippen molar-refractivity contribution in [1.82, 2.24) is 10.4 Å². The van der Waals surface area contributed by atoms with Gasteiger partial charge in [0.15, 0.2) is 0 Å². The van der Waals surface area contributed by atoms with E-state index in [4.69, 9.17) is 11.6 Å². The minimum absolute atomic E-state index is 0.244. The lowest BCUT2D eigenvalue weighted by Gasteiger charge is -2.18. The Hall–Kier alpha value is -1.38. The van der Waals surface area contributed by atoms with Gasteiger partial charge < -0.3 is 10.5 Å². The quantitative estimate of drug-likeness (QED) is 0.530. The van der Waals surface area contributed by atoms with Crippen LogP contribution < -0.4 is 17.0 Å². The highest BCUT2D eigenvalue weighted by Gasteiger charge is 2.28. The Kier molecular flexibility index (Phi) is 4.67. The molecule has 5 N–H and O–H groups in total. The SMILES string of the molecule is NNC(COCC(F)(F)F)c1cnccc1N. The van der Waals surface area contributed by atoms with Crippen molar-refractivity contribution in [2.75, 3.05) is 18.9 Å². The lowest BCUT2D eigenvalue weighted by Crippen LogP contribution is -2.33. The fourth-order valence-corrected chi connectivity index (χ4v) is 1.23. The second-order valence-corrected chi connectivity index (χ2v) is 3.35. The molecular weight excluding hydrogens is 237 g/mol. The maximum Gasteiger partial charge on any atom is 0.411 e. The summed E-state index contributed by atoms with van der Waals surface area (Å²) >= 11 is 0. The third-order valence-corrected chi connectivity index (χ3v) is 2.01. The van der Waals surface area contributed by atoms with Crippen LogP contribution in [0.2, 0.25) is 0 Å². The normalized spacial score (nSPS) is 13.6. The number of aromatic nitrogens is 1. The summed E-state index contributed by atoms with van der Waals surface area (Å²) in [4.78, 5) is 3.82. The first-order chi connectivity index (χ1) is 7.94. The summed E-state index contributed by atoms with van der Waals surface area (Å²) in [5, 5.41) is 0. The molecule has 17 heavy (non-hydrogen) atoms. The number of nitrogens with zero attached hydrogens (tertiary/aromatic N) is 1. The molecule has 0 spiro atoms. The first kappa shape index (κ1) is 13.7. The van der Waals surface area contributed by atoms with Crippen LogP contribution in [-0.2, 0) is 4.74 Å². The standard InChI is InChI=1S/C9H13F3N4O/c10-9(11,12)5-17-4-8(16-14)6-3-15-2-1-7(6)13/h1-3,8,16H,4-5,14H2,(H2,13,15). The average Bonchev–Trinajstić information content (AvgIpc) is 2.24. The van der Waals surface area contributed by atoms with Crippen molar-refractivity contribution < 1.29 is 17.9 Å². The van der Waals surface area contributed by atoms with Gasteiger partial charge in [0.2, 0.25) is 0 Å². The lowest BCUT2D eigenvalue weighted by atomic mass is 10.1. The topological polar surface area (TPSA) is 86.2 Å². The Morgan fingerprint density at radius 3 is 2.71 bits per heavy atom. The Balaban J connectivity index is 2.58. The number of anilines is 1. The van der Waals surface area contributed by atoms with E-state index in [0.29, 0.717) is 11.3 Å². The Labute approximate surface area is 95.9 Å². The largest absolute Gasteiger partial charge is 0.411 e. The van der Waals surface area contributed by atoms with E-state index in [0.717, 1.165) is 0 Å². The van der Waals surface area contributed by atoms with E-state index in [2.05, 4.69) is 15.1 Å². The molecule has 0 saturated carbocycles. The molecule has 0 aliphatic heterocycles. The minimum atomic E-state index is -4.36. The van der Waals surface area contributed by atoms with Gasteiger partial charge in [-0.25, -0.2) is 0 Å². The van der Waals surface area contributed by atoms with Crippen LogP contribution in [0.1, 0.15) is 11.6 Å². The molecule has 0 fully saturated rings. The molecule has 1 unspecified atom stereocenters. The van der Waals surface area contributed by atoms with Gasteiger partial charge >= 0.3 is 6.18 Å². The van der Waals surface area contributed by atoms with Crippen LogP contribution in [0.3, 0.4) is 0 Å². The van der Waals surface area contributed by atoms with E-state index >= 15 is 0 Å². The summed E-state index contributed by atoms with van der Waals surface area (Å²) < 4.78 is 40.1. The van der Waals surface area contributed by atoms with Crippen LogP contribution >= 0.6 is 0 Å². The van der Waals surface area contributed by atoms with Crippen molar-refractivity contribution in [1.29, 1.82) is 0 Å². The van der Waals surface area contributed by atoms with Gasteiger partial charge in [0.25, 0.3) is 0 Å². The number of nitrogens with one attached hydrogen (secondary N) is 1. The summed E-state index contributed by atoms with van der Waals surface area (Å²) in [5.41, 5.74) is 8.86. The second kappa shape index (κ2) is 5.80. The molecule has 0 aromatic carbocycles. The molecule has 0 aliphatic carbocycles. The molecule has 0 radical (unpaired) electrons. The zero-order chi connectivity index (χ0) is 12.9. The number of alkyl halides is 3. The van der Waals surface area contributed by atoms with Crippen molar-refractivity contribution in [3.63, 3.8) is 0 Å². The van der Waals surface area contributed by atoms with Crippen LogP contribution in [0.5, 0.6) is 0 Å². The second-order valence-electron chi connectivity index (χ2n) is 3.35. The zero-order valence-corrected chi connectivity index (χ0v) is 8.87. The predicted octanol–water partition coefficient (Wildman–Crippen LogP) is 0.747. The molecule has 5 nitrogen and oxygen atoms in total. The molecule has 0 amide bonds. The van der Waals surface area contributed by atoms with Gasteiger partial charge in [-0.2, -0.15) is 13.2 Å². The van der Waals surface area contributed by atoms with Crippen molar-refractivity contribution >= 4 is 5.69 Å². The molecular formula is C9H13F3N4O. The summed E-state index contributed by atoms with van der Waals surface area (Å²) in [6.45, 7) is -1.57. The molecule has 0 bridgehead atoms. The number of rotatable bonds is 5. The molecule has 1 atom stereocenters. The number of hydrogen-bond donors (Lipinski definition) is 3. The molecule has 0 saturated heterocycles. The van der Waals surface area contributed by atoms with Gasteiger partial charge in [-0.3, -0.25) is 16.3 Å². The highest BCUT2D eigenvalue weighted by molar-refractivity contribution is 5.46. The minimum Gasteiger partial charge on any atom is -0.398 e. The first-order valence-corrected chi connectivity index (χ1v) is 4.74. The maximum absolute atomic E-state index is 11.9. The lowest BCUT2D eigenvalue weighted by molar-refractivity contribution is -0.175. The third-order valence-electron chi connectivity index (χ3n) is 2.01. The zero-order valence-electron chi connectivity index (χ0n) is 8.87. The number of halogens is 3. The van der Waals surface area contributed by atoms with E-state index in [1.807, 2.05) is 0 Å². The van der Waals surface area contributed by atoms with E-state index in [1.54, 1.807) is 0 Å². The van der Waals surface area contributed by atoms with Crippen molar-refractivity contribution in [2.24, 2.45) is 5.84 Å².